The van der Waals surface area contributed by atoms with E-state index in [9.17, 15) is 5.11 Å². The molecule has 0 aliphatic heterocycles. The van der Waals surface area contributed by atoms with Gasteiger partial charge in [0.15, 0.2) is 0 Å². The maximum Gasteiger partial charge on any atom is 0.0615 e. The molecule has 0 radical (unpaired) electrons. The maximum absolute atomic E-state index is 9.42. The minimum Gasteiger partial charge on any atom is -0.394 e. The van der Waals surface area contributed by atoms with Crippen molar-refractivity contribution in [2.75, 3.05) is 33.9 Å². The fourth-order valence-corrected chi connectivity index (χ4v) is 2.41. The van der Waals surface area contributed by atoms with Crippen molar-refractivity contribution in [1.82, 2.24) is 10.2 Å². The van der Waals surface area contributed by atoms with E-state index >= 15 is 0 Å². The molecule has 4 nitrogen and oxygen atoms in total. The molecule has 0 aromatic carbocycles. The van der Waals surface area contributed by atoms with Crippen LogP contribution in [0, 0.1) is 0 Å². The number of aliphatic hydroxyl groups is 1. The molecule has 0 aromatic heterocycles. The van der Waals surface area contributed by atoms with Gasteiger partial charge >= 0.3 is 0 Å². The first kappa shape index (κ1) is 16.8. The lowest BCUT2D eigenvalue weighted by atomic mass is 9.93. The molecule has 0 bridgehead atoms. The van der Waals surface area contributed by atoms with Crippen LogP contribution in [0.1, 0.15) is 34.1 Å². The summed E-state index contributed by atoms with van der Waals surface area (Å²) in [5, 5.41) is 12.6. The van der Waals surface area contributed by atoms with Gasteiger partial charge in [0.05, 0.1) is 13.2 Å². The number of hydrogen-bond donors (Lipinski definition) is 2. The third-order valence-corrected chi connectivity index (χ3v) is 3.60. The van der Waals surface area contributed by atoms with Gasteiger partial charge in [0.25, 0.3) is 0 Å². The van der Waals surface area contributed by atoms with Gasteiger partial charge in [0, 0.05) is 24.7 Å². The number of ether oxygens (including phenoxy) is 1. The van der Waals surface area contributed by atoms with Crippen LogP contribution in [-0.2, 0) is 4.74 Å². The van der Waals surface area contributed by atoms with Crippen LogP contribution >= 0.6 is 0 Å². The molecular weight excluding hydrogens is 216 g/mol. The van der Waals surface area contributed by atoms with E-state index in [0.717, 1.165) is 19.6 Å². The summed E-state index contributed by atoms with van der Waals surface area (Å²) in [6, 6.07) is 0.814. The van der Waals surface area contributed by atoms with E-state index in [4.69, 9.17) is 4.74 Å². The Hall–Kier alpha value is -0.160. The second-order valence-corrected chi connectivity index (χ2v) is 5.16. The highest BCUT2D eigenvalue weighted by molar-refractivity contribution is 4.87. The Morgan fingerprint density at radius 1 is 1.35 bits per heavy atom. The smallest absolute Gasteiger partial charge is 0.0615 e. The number of rotatable bonds is 9. The highest BCUT2D eigenvalue weighted by Gasteiger charge is 2.28. The molecule has 4 heteroatoms. The molecule has 0 amide bonds. The van der Waals surface area contributed by atoms with Crippen LogP contribution in [0.2, 0.25) is 0 Å². The van der Waals surface area contributed by atoms with Gasteiger partial charge in [-0.3, -0.25) is 4.90 Å². The van der Waals surface area contributed by atoms with Crippen LogP contribution < -0.4 is 5.32 Å². The number of hydrogen-bond acceptors (Lipinski definition) is 4. The average molecular weight is 246 g/mol. The molecule has 0 aromatic rings. The lowest BCUT2D eigenvalue weighted by molar-refractivity contribution is 0.0573. The van der Waals surface area contributed by atoms with Crippen LogP contribution in [-0.4, -0.2) is 61.5 Å². The van der Waals surface area contributed by atoms with E-state index in [0.29, 0.717) is 12.1 Å². The Balaban J connectivity index is 4.48. The summed E-state index contributed by atoms with van der Waals surface area (Å²) in [4.78, 5) is 2.41. The van der Waals surface area contributed by atoms with Crippen molar-refractivity contribution in [3.8, 4) is 0 Å². The maximum atomic E-state index is 9.42. The molecule has 0 saturated carbocycles. The van der Waals surface area contributed by atoms with Crippen LogP contribution in [0.25, 0.3) is 0 Å². The Morgan fingerprint density at radius 2 is 1.94 bits per heavy atom. The molecule has 0 rings (SSSR count). The number of nitrogens with one attached hydrogen (secondary N) is 1. The van der Waals surface area contributed by atoms with Crippen molar-refractivity contribution in [1.29, 1.82) is 0 Å². The van der Waals surface area contributed by atoms with E-state index in [1.807, 2.05) is 7.05 Å². The van der Waals surface area contributed by atoms with Crippen molar-refractivity contribution in [2.24, 2.45) is 0 Å². The fraction of sp³-hybridized carbons (Fsp3) is 1.00. The summed E-state index contributed by atoms with van der Waals surface area (Å²) in [7, 11) is 3.64. The van der Waals surface area contributed by atoms with Crippen molar-refractivity contribution in [3.63, 3.8) is 0 Å². The first-order chi connectivity index (χ1) is 7.94. The van der Waals surface area contributed by atoms with Crippen LogP contribution in [0.5, 0.6) is 0 Å². The summed E-state index contributed by atoms with van der Waals surface area (Å²) >= 11 is 0. The summed E-state index contributed by atoms with van der Waals surface area (Å²) in [6.45, 7) is 10.5. The van der Waals surface area contributed by atoms with E-state index in [1.54, 1.807) is 7.11 Å². The van der Waals surface area contributed by atoms with Crippen molar-refractivity contribution >= 4 is 0 Å². The number of nitrogens with zero attached hydrogens (tertiary/aromatic N) is 1. The van der Waals surface area contributed by atoms with Gasteiger partial charge in [-0.15, -0.1) is 0 Å². The van der Waals surface area contributed by atoms with Gasteiger partial charge in [-0.25, -0.2) is 0 Å². The molecule has 0 aliphatic carbocycles. The largest absolute Gasteiger partial charge is 0.394 e. The van der Waals surface area contributed by atoms with Gasteiger partial charge in [-0.05, 0) is 40.8 Å². The number of methoxy groups -OCH3 is 1. The standard InChI is InChI=1S/C13H30N2O2/c1-7-15(12(3)9-17-6)11(2)8-13(4,10-16)14-5/h11-12,14,16H,7-10H2,1-6H3. The van der Waals surface area contributed by atoms with Gasteiger partial charge in [-0.2, -0.15) is 0 Å². The lowest BCUT2D eigenvalue weighted by Gasteiger charge is -2.38. The summed E-state index contributed by atoms with van der Waals surface area (Å²) in [5.41, 5.74) is -0.209. The molecule has 0 spiro atoms. The Kier molecular flexibility index (Phi) is 7.96. The zero-order valence-electron chi connectivity index (χ0n) is 12.3. The topological polar surface area (TPSA) is 44.7 Å². The molecule has 104 valence electrons. The van der Waals surface area contributed by atoms with Gasteiger partial charge < -0.3 is 15.2 Å². The number of aliphatic hydroxyl groups excluding tert-OH is 1. The van der Waals surface area contributed by atoms with Crippen molar-refractivity contribution < 1.29 is 9.84 Å². The van der Waals surface area contributed by atoms with E-state index in [-0.39, 0.29) is 12.1 Å². The molecule has 0 saturated heterocycles. The second-order valence-electron chi connectivity index (χ2n) is 5.16. The van der Waals surface area contributed by atoms with Crippen LogP contribution in [0.4, 0.5) is 0 Å². The Labute approximate surface area is 106 Å². The molecule has 0 heterocycles. The average Bonchev–Trinajstić information content (AvgIpc) is 2.30. The first-order valence-electron chi connectivity index (χ1n) is 6.48. The minimum atomic E-state index is -0.209. The molecule has 3 unspecified atom stereocenters. The molecule has 3 atom stereocenters. The third-order valence-electron chi connectivity index (χ3n) is 3.60. The molecule has 2 N–H and O–H groups in total. The summed E-state index contributed by atoms with van der Waals surface area (Å²) in [6.07, 6.45) is 0.919. The SMILES string of the molecule is CCN(C(C)COC)C(C)CC(C)(CO)NC. The van der Waals surface area contributed by atoms with Crippen LogP contribution in [0.15, 0.2) is 0 Å². The lowest BCUT2D eigenvalue weighted by Crippen LogP contribution is -2.51. The quantitative estimate of drug-likeness (QED) is 0.639. The fourth-order valence-electron chi connectivity index (χ4n) is 2.41. The Morgan fingerprint density at radius 3 is 2.29 bits per heavy atom. The van der Waals surface area contributed by atoms with E-state index in [1.165, 1.54) is 0 Å². The van der Waals surface area contributed by atoms with E-state index in [2.05, 4.69) is 37.9 Å². The Bertz CT molecular complexity index is 196. The van der Waals surface area contributed by atoms with E-state index < -0.39 is 0 Å². The molecule has 0 aliphatic rings. The van der Waals surface area contributed by atoms with Crippen LogP contribution in [0.3, 0.4) is 0 Å². The first-order valence-corrected chi connectivity index (χ1v) is 6.48. The molecule has 17 heavy (non-hydrogen) atoms. The zero-order chi connectivity index (χ0) is 13.5. The normalized spacial score (nSPS) is 19.1. The highest BCUT2D eigenvalue weighted by Crippen LogP contribution is 2.17. The zero-order valence-corrected chi connectivity index (χ0v) is 12.3. The van der Waals surface area contributed by atoms with Gasteiger partial charge in [0.2, 0.25) is 0 Å². The number of likely N-dealkylation sites (N-methyl/N-ethyl adjacent to an activating group) is 2. The predicted molar refractivity (Wildman–Crippen MR) is 72.3 cm³/mol. The van der Waals surface area contributed by atoms with Crippen molar-refractivity contribution in [3.05, 3.63) is 0 Å². The predicted octanol–water partition coefficient (Wildman–Crippen LogP) is 1.09. The summed E-state index contributed by atoms with van der Waals surface area (Å²) < 4.78 is 5.21. The monoisotopic (exact) mass is 246 g/mol. The summed E-state index contributed by atoms with van der Waals surface area (Å²) in [5.74, 6) is 0. The third kappa shape index (κ3) is 5.34. The highest BCUT2D eigenvalue weighted by atomic mass is 16.5. The minimum absolute atomic E-state index is 0.157. The van der Waals surface area contributed by atoms with Gasteiger partial charge in [0.1, 0.15) is 0 Å². The molecular formula is C13H30N2O2. The molecule has 0 fully saturated rings. The van der Waals surface area contributed by atoms with Gasteiger partial charge in [-0.1, -0.05) is 6.92 Å². The second kappa shape index (κ2) is 8.03. The van der Waals surface area contributed by atoms with Crippen molar-refractivity contribution in [2.45, 2.75) is 51.7 Å².